The van der Waals surface area contributed by atoms with Gasteiger partial charge in [-0.1, -0.05) is 41.3 Å². The molecule has 0 N–H and O–H groups in total. The lowest BCUT2D eigenvalue weighted by atomic mass is 9.52. The van der Waals surface area contributed by atoms with Gasteiger partial charge < -0.3 is 0 Å². The Kier molecular flexibility index (Phi) is 3.98. The van der Waals surface area contributed by atoms with Crippen molar-refractivity contribution < 1.29 is 4.79 Å². The Hall–Kier alpha value is -3.57. The SMILES string of the molecule is C#[N+][C@@]12CCc3cnc(-c4ccccc4)nc3[C@@]1(C)C=C(C#N)C(=O)[C@H]2C=C. The van der Waals surface area contributed by atoms with Crippen molar-refractivity contribution in [3.8, 4) is 24.0 Å². The summed E-state index contributed by atoms with van der Waals surface area (Å²) in [5.74, 6) is -0.372. The van der Waals surface area contributed by atoms with E-state index in [1.807, 2.05) is 49.5 Å². The fraction of sp³-hybridized carbons (Fsp3) is 0.261. The normalized spacial score (nSPS) is 28.2. The Morgan fingerprint density at radius 2 is 2.14 bits per heavy atom. The second-order valence-electron chi connectivity index (χ2n) is 7.44. The number of Topliss-reactive ketones (excluding diaryl/α,β-unsaturated/α-hetero) is 1. The Labute approximate surface area is 163 Å². The smallest absolute Gasteiger partial charge is 0.292 e. The number of rotatable bonds is 2. The summed E-state index contributed by atoms with van der Waals surface area (Å²) in [5, 5.41) is 9.55. The van der Waals surface area contributed by atoms with E-state index in [0.29, 0.717) is 18.7 Å². The van der Waals surface area contributed by atoms with Gasteiger partial charge in [0.05, 0.1) is 11.3 Å². The molecule has 0 saturated carbocycles. The molecule has 136 valence electrons. The molecule has 5 heteroatoms. The van der Waals surface area contributed by atoms with Crippen molar-refractivity contribution in [3.05, 3.63) is 76.9 Å². The lowest BCUT2D eigenvalue weighted by Crippen LogP contribution is -2.59. The highest BCUT2D eigenvalue weighted by atomic mass is 16.1. The molecule has 0 unspecified atom stereocenters. The summed E-state index contributed by atoms with van der Waals surface area (Å²) in [6, 6.07) is 11.7. The van der Waals surface area contributed by atoms with Gasteiger partial charge in [-0.3, -0.25) is 4.79 Å². The van der Waals surface area contributed by atoms with Crippen LogP contribution in [-0.4, -0.2) is 21.3 Å². The lowest BCUT2D eigenvalue weighted by Gasteiger charge is -2.44. The number of carbonyl (C=O) groups excluding carboxylic acids is 1. The number of hydrogen-bond donors (Lipinski definition) is 0. The maximum absolute atomic E-state index is 12.8. The minimum atomic E-state index is -0.929. The van der Waals surface area contributed by atoms with E-state index in [9.17, 15) is 10.1 Å². The number of hydrogen-bond acceptors (Lipinski definition) is 4. The second kappa shape index (κ2) is 6.25. The Bertz CT molecular complexity index is 1110. The lowest BCUT2D eigenvalue weighted by molar-refractivity contribution is -0.120. The summed E-state index contributed by atoms with van der Waals surface area (Å²) < 4.78 is 0. The Morgan fingerprint density at radius 1 is 1.39 bits per heavy atom. The molecule has 2 aromatic rings. The molecule has 5 nitrogen and oxygen atoms in total. The minimum Gasteiger partial charge on any atom is -0.292 e. The van der Waals surface area contributed by atoms with Crippen molar-refractivity contribution in [2.75, 3.05) is 0 Å². The average molecular weight is 367 g/mol. The third-order valence-corrected chi connectivity index (χ3v) is 6.15. The fourth-order valence-corrected chi connectivity index (χ4v) is 4.64. The third kappa shape index (κ3) is 2.20. The first kappa shape index (κ1) is 17.8. The van der Waals surface area contributed by atoms with Crippen molar-refractivity contribution in [2.45, 2.75) is 30.7 Å². The van der Waals surface area contributed by atoms with Gasteiger partial charge >= 0.3 is 5.54 Å². The predicted molar refractivity (Wildman–Crippen MR) is 107 cm³/mol. The van der Waals surface area contributed by atoms with Gasteiger partial charge in [-0.15, -0.1) is 6.58 Å². The van der Waals surface area contributed by atoms with Crippen LogP contribution >= 0.6 is 0 Å². The monoisotopic (exact) mass is 367 g/mol. The zero-order chi connectivity index (χ0) is 19.9. The van der Waals surface area contributed by atoms with E-state index in [2.05, 4.69) is 16.4 Å². The van der Waals surface area contributed by atoms with Crippen molar-refractivity contribution >= 4 is 5.78 Å². The summed E-state index contributed by atoms with van der Waals surface area (Å²) in [5.41, 5.74) is 0.980. The summed E-state index contributed by atoms with van der Waals surface area (Å²) in [4.78, 5) is 26.5. The molecular weight excluding hydrogens is 348 g/mol. The Morgan fingerprint density at radius 3 is 2.79 bits per heavy atom. The van der Waals surface area contributed by atoms with E-state index < -0.39 is 16.9 Å². The maximum atomic E-state index is 12.8. The number of nitrogens with zero attached hydrogens (tertiary/aromatic N) is 4. The van der Waals surface area contributed by atoms with Crippen LogP contribution in [0.15, 0.2) is 60.8 Å². The molecule has 1 aromatic carbocycles. The standard InChI is InChI=1S/C23H19N4O/c1-4-18-19(28)17(13-24)12-22(2)20-16(10-11-23(18,22)25-3)14-26-21(27-20)15-8-6-5-7-9-15/h3-9,12,14,18H,1,10-11H2,2H3/q+1/t18-,22-,23-/m1/s1. The molecule has 4 rings (SSSR count). The van der Waals surface area contributed by atoms with Crippen molar-refractivity contribution in [2.24, 2.45) is 5.92 Å². The number of allylic oxidation sites excluding steroid dienone is 1. The van der Waals surface area contributed by atoms with E-state index in [1.54, 1.807) is 12.2 Å². The molecule has 0 bridgehead atoms. The number of benzene rings is 1. The molecular formula is C23H19N4O+. The predicted octanol–water partition coefficient (Wildman–Crippen LogP) is 3.88. The summed E-state index contributed by atoms with van der Waals surface area (Å²) in [7, 11) is 0. The highest BCUT2D eigenvalue weighted by molar-refractivity contribution is 6.04. The minimum absolute atomic E-state index is 0.0967. The number of fused-ring (bicyclic) bond motifs is 3. The van der Waals surface area contributed by atoms with Gasteiger partial charge in [-0.25, -0.2) is 9.97 Å². The van der Waals surface area contributed by atoms with Crippen molar-refractivity contribution in [3.63, 3.8) is 0 Å². The van der Waals surface area contributed by atoms with Crippen LogP contribution in [0, 0.1) is 23.8 Å². The quantitative estimate of drug-likeness (QED) is 0.755. The number of nitriles is 1. The highest BCUT2D eigenvalue weighted by Crippen LogP contribution is 2.54. The van der Waals surface area contributed by atoms with E-state index in [-0.39, 0.29) is 11.4 Å². The molecule has 1 heterocycles. The van der Waals surface area contributed by atoms with E-state index in [1.165, 1.54) is 0 Å². The first-order chi connectivity index (χ1) is 13.5. The van der Waals surface area contributed by atoms with Crippen LogP contribution in [-0.2, 0) is 16.6 Å². The molecule has 3 atom stereocenters. The van der Waals surface area contributed by atoms with Crippen molar-refractivity contribution in [1.29, 1.82) is 5.26 Å². The summed E-state index contributed by atoms with van der Waals surface area (Å²) in [6.45, 7) is 11.7. The second-order valence-corrected chi connectivity index (χ2v) is 7.44. The number of aromatic nitrogens is 2. The molecule has 0 fully saturated rings. The van der Waals surface area contributed by atoms with Gasteiger partial charge in [0, 0.05) is 18.2 Å². The van der Waals surface area contributed by atoms with Gasteiger partial charge in [-0.05, 0) is 25.0 Å². The molecule has 2 aliphatic rings. The van der Waals surface area contributed by atoms with Gasteiger partial charge in [0.15, 0.2) is 11.6 Å². The van der Waals surface area contributed by atoms with Crippen LogP contribution in [0.2, 0.25) is 0 Å². The number of ketones is 1. The van der Waals surface area contributed by atoms with Crippen LogP contribution in [0.4, 0.5) is 0 Å². The highest BCUT2D eigenvalue weighted by Gasteiger charge is 2.69. The number of carbonyl (C=O) groups is 1. The van der Waals surface area contributed by atoms with Crippen LogP contribution in [0.25, 0.3) is 16.2 Å². The van der Waals surface area contributed by atoms with Gasteiger partial charge in [0.1, 0.15) is 17.4 Å². The summed E-state index contributed by atoms with van der Waals surface area (Å²) >= 11 is 0. The molecule has 2 aliphatic carbocycles. The molecule has 0 spiro atoms. The average Bonchev–Trinajstić information content (AvgIpc) is 2.74. The van der Waals surface area contributed by atoms with Gasteiger partial charge in [0.25, 0.3) is 6.57 Å². The fourth-order valence-electron chi connectivity index (χ4n) is 4.64. The Balaban J connectivity index is 2.01. The topological polar surface area (TPSA) is 71.0 Å². The number of aryl methyl sites for hydroxylation is 1. The molecule has 0 radical (unpaired) electrons. The molecule has 28 heavy (non-hydrogen) atoms. The molecule has 0 aliphatic heterocycles. The van der Waals surface area contributed by atoms with E-state index >= 15 is 0 Å². The summed E-state index contributed by atoms with van der Waals surface area (Å²) in [6.07, 6.45) is 6.28. The first-order valence-electron chi connectivity index (χ1n) is 9.14. The van der Waals surface area contributed by atoms with Crippen LogP contribution < -0.4 is 0 Å². The maximum Gasteiger partial charge on any atom is 0.308 e. The van der Waals surface area contributed by atoms with E-state index in [4.69, 9.17) is 11.6 Å². The third-order valence-electron chi connectivity index (χ3n) is 6.15. The molecule has 0 saturated heterocycles. The van der Waals surface area contributed by atoms with E-state index in [0.717, 1.165) is 16.8 Å². The van der Waals surface area contributed by atoms with Crippen LogP contribution in [0.5, 0.6) is 0 Å². The van der Waals surface area contributed by atoms with Gasteiger partial charge in [0.2, 0.25) is 0 Å². The van der Waals surface area contributed by atoms with Gasteiger partial charge in [-0.2, -0.15) is 5.26 Å². The zero-order valence-corrected chi connectivity index (χ0v) is 15.6. The first-order valence-corrected chi connectivity index (χ1v) is 9.14. The largest absolute Gasteiger partial charge is 0.308 e. The van der Waals surface area contributed by atoms with Crippen LogP contribution in [0.1, 0.15) is 24.6 Å². The molecule has 1 aromatic heterocycles. The molecule has 0 amide bonds. The van der Waals surface area contributed by atoms with Crippen molar-refractivity contribution in [1.82, 2.24) is 9.97 Å². The zero-order valence-electron chi connectivity index (χ0n) is 15.6. The van der Waals surface area contributed by atoms with Crippen LogP contribution in [0.3, 0.4) is 0 Å².